The number of amides is 1. The van der Waals surface area contributed by atoms with E-state index in [2.05, 4.69) is 13.8 Å². The summed E-state index contributed by atoms with van der Waals surface area (Å²) < 4.78 is 1.99. The predicted octanol–water partition coefficient (Wildman–Crippen LogP) is 2.74. The standard InChI is InChI=1S/C15H25N3O/c1-3-5-12-6-8-18(10-12)15(19)14-9-13(16)11-17(14)7-4-2/h9,11-12H,3-8,10,16H2,1-2H3. The number of aromatic nitrogens is 1. The second kappa shape index (κ2) is 6.13. The van der Waals surface area contributed by atoms with Crippen LogP contribution >= 0.6 is 0 Å². The zero-order valence-corrected chi connectivity index (χ0v) is 12.1. The second-order valence-corrected chi connectivity index (χ2v) is 5.55. The molecule has 1 saturated heterocycles. The molecule has 2 heterocycles. The first-order valence-electron chi connectivity index (χ1n) is 7.40. The summed E-state index contributed by atoms with van der Waals surface area (Å²) in [6, 6.07) is 1.81. The van der Waals surface area contributed by atoms with Crippen LogP contribution in [-0.4, -0.2) is 28.5 Å². The Morgan fingerprint density at radius 2 is 2.21 bits per heavy atom. The Bertz CT molecular complexity index is 439. The first-order valence-corrected chi connectivity index (χ1v) is 7.40. The van der Waals surface area contributed by atoms with Crippen molar-refractivity contribution in [2.45, 2.75) is 46.1 Å². The van der Waals surface area contributed by atoms with E-state index in [-0.39, 0.29) is 5.91 Å². The smallest absolute Gasteiger partial charge is 0.270 e. The number of nitrogens with zero attached hydrogens (tertiary/aromatic N) is 2. The number of likely N-dealkylation sites (tertiary alicyclic amines) is 1. The molecule has 1 aliphatic heterocycles. The Labute approximate surface area is 115 Å². The minimum absolute atomic E-state index is 0.142. The van der Waals surface area contributed by atoms with Crippen LogP contribution < -0.4 is 5.73 Å². The molecule has 106 valence electrons. The van der Waals surface area contributed by atoms with E-state index in [1.807, 2.05) is 21.7 Å². The molecule has 1 aromatic rings. The number of nitrogen functional groups attached to an aromatic ring is 1. The number of carbonyl (C=O) groups excluding carboxylic acids is 1. The van der Waals surface area contributed by atoms with Gasteiger partial charge in [0, 0.05) is 25.8 Å². The fourth-order valence-electron chi connectivity index (χ4n) is 2.96. The van der Waals surface area contributed by atoms with Crippen molar-refractivity contribution < 1.29 is 4.79 Å². The highest BCUT2D eigenvalue weighted by atomic mass is 16.2. The fourth-order valence-corrected chi connectivity index (χ4v) is 2.96. The number of rotatable bonds is 5. The van der Waals surface area contributed by atoms with Gasteiger partial charge in [0.05, 0.1) is 5.69 Å². The van der Waals surface area contributed by atoms with Gasteiger partial charge in [-0.2, -0.15) is 0 Å². The summed E-state index contributed by atoms with van der Waals surface area (Å²) in [5, 5.41) is 0. The summed E-state index contributed by atoms with van der Waals surface area (Å²) in [6.45, 7) is 6.96. The van der Waals surface area contributed by atoms with Crippen LogP contribution in [0.15, 0.2) is 12.3 Å². The number of anilines is 1. The maximum Gasteiger partial charge on any atom is 0.270 e. The number of hydrogen-bond donors (Lipinski definition) is 1. The molecule has 2 rings (SSSR count). The quantitative estimate of drug-likeness (QED) is 0.888. The third-order valence-electron chi connectivity index (χ3n) is 3.87. The third-order valence-corrected chi connectivity index (χ3v) is 3.87. The SMILES string of the molecule is CCCC1CCN(C(=O)c2cc(N)cn2CCC)C1. The highest BCUT2D eigenvalue weighted by Gasteiger charge is 2.27. The topological polar surface area (TPSA) is 51.3 Å². The van der Waals surface area contributed by atoms with Gasteiger partial charge in [-0.1, -0.05) is 20.3 Å². The Kier molecular flexibility index (Phi) is 4.51. The van der Waals surface area contributed by atoms with E-state index in [0.29, 0.717) is 11.6 Å². The van der Waals surface area contributed by atoms with E-state index in [1.165, 1.54) is 12.8 Å². The van der Waals surface area contributed by atoms with Crippen molar-refractivity contribution in [1.82, 2.24) is 9.47 Å². The van der Waals surface area contributed by atoms with Gasteiger partial charge in [0.25, 0.3) is 5.91 Å². The monoisotopic (exact) mass is 263 g/mol. The van der Waals surface area contributed by atoms with Gasteiger partial charge in [-0.15, -0.1) is 0 Å². The van der Waals surface area contributed by atoms with E-state index in [4.69, 9.17) is 5.73 Å². The molecule has 0 bridgehead atoms. The fraction of sp³-hybridized carbons (Fsp3) is 0.667. The maximum atomic E-state index is 12.6. The molecule has 0 saturated carbocycles. The minimum atomic E-state index is 0.142. The number of nitrogens with two attached hydrogens (primary N) is 1. The van der Waals surface area contributed by atoms with Gasteiger partial charge >= 0.3 is 0 Å². The van der Waals surface area contributed by atoms with Gasteiger partial charge in [-0.25, -0.2) is 0 Å². The van der Waals surface area contributed by atoms with Gasteiger partial charge in [0.1, 0.15) is 5.69 Å². The number of hydrogen-bond acceptors (Lipinski definition) is 2. The molecule has 4 heteroatoms. The molecule has 1 unspecified atom stereocenters. The van der Waals surface area contributed by atoms with Crippen molar-refractivity contribution in [3.63, 3.8) is 0 Å². The number of carbonyl (C=O) groups is 1. The summed E-state index contributed by atoms with van der Waals surface area (Å²) in [7, 11) is 0. The Balaban J connectivity index is 2.07. The zero-order chi connectivity index (χ0) is 13.8. The summed E-state index contributed by atoms with van der Waals surface area (Å²) >= 11 is 0. The van der Waals surface area contributed by atoms with Crippen molar-refractivity contribution in [2.75, 3.05) is 18.8 Å². The van der Waals surface area contributed by atoms with E-state index in [1.54, 1.807) is 0 Å². The van der Waals surface area contributed by atoms with E-state index >= 15 is 0 Å². The first kappa shape index (κ1) is 14.0. The van der Waals surface area contributed by atoms with Crippen LogP contribution in [0.2, 0.25) is 0 Å². The lowest BCUT2D eigenvalue weighted by Gasteiger charge is -2.17. The summed E-state index contributed by atoms with van der Waals surface area (Å²) in [5.41, 5.74) is 7.26. The van der Waals surface area contributed by atoms with Crippen molar-refractivity contribution in [2.24, 2.45) is 5.92 Å². The van der Waals surface area contributed by atoms with Crippen LogP contribution in [0.4, 0.5) is 5.69 Å². The molecule has 0 radical (unpaired) electrons. The lowest BCUT2D eigenvalue weighted by Crippen LogP contribution is -2.30. The Morgan fingerprint density at radius 1 is 1.42 bits per heavy atom. The lowest BCUT2D eigenvalue weighted by atomic mass is 10.0. The average molecular weight is 263 g/mol. The molecule has 4 nitrogen and oxygen atoms in total. The van der Waals surface area contributed by atoms with Gasteiger partial charge in [0.2, 0.25) is 0 Å². The van der Waals surface area contributed by atoms with Crippen LogP contribution in [0.3, 0.4) is 0 Å². The predicted molar refractivity (Wildman–Crippen MR) is 78.1 cm³/mol. The van der Waals surface area contributed by atoms with Gasteiger partial charge < -0.3 is 15.2 Å². The largest absolute Gasteiger partial charge is 0.397 e. The Hall–Kier alpha value is -1.45. The molecular weight excluding hydrogens is 238 g/mol. The van der Waals surface area contributed by atoms with Crippen molar-refractivity contribution in [3.8, 4) is 0 Å². The summed E-state index contributed by atoms with van der Waals surface area (Å²) in [4.78, 5) is 14.5. The molecule has 0 spiro atoms. The molecule has 1 aromatic heterocycles. The van der Waals surface area contributed by atoms with E-state index < -0.39 is 0 Å². The lowest BCUT2D eigenvalue weighted by molar-refractivity contribution is 0.0775. The highest BCUT2D eigenvalue weighted by molar-refractivity contribution is 5.94. The summed E-state index contributed by atoms with van der Waals surface area (Å²) in [6.07, 6.45) is 6.44. The van der Waals surface area contributed by atoms with E-state index in [0.717, 1.165) is 38.2 Å². The Morgan fingerprint density at radius 3 is 2.89 bits per heavy atom. The van der Waals surface area contributed by atoms with Crippen molar-refractivity contribution >= 4 is 11.6 Å². The van der Waals surface area contributed by atoms with Crippen LogP contribution in [0.25, 0.3) is 0 Å². The molecule has 1 amide bonds. The molecule has 19 heavy (non-hydrogen) atoms. The van der Waals surface area contributed by atoms with Crippen molar-refractivity contribution in [3.05, 3.63) is 18.0 Å². The molecule has 0 aromatic carbocycles. The van der Waals surface area contributed by atoms with Crippen LogP contribution in [0, 0.1) is 5.92 Å². The van der Waals surface area contributed by atoms with Gasteiger partial charge in [0.15, 0.2) is 0 Å². The van der Waals surface area contributed by atoms with Gasteiger partial charge in [-0.05, 0) is 31.2 Å². The molecule has 1 atom stereocenters. The van der Waals surface area contributed by atoms with Crippen molar-refractivity contribution in [1.29, 1.82) is 0 Å². The second-order valence-electron chi connectivity index (χ2n) is 5.55. The summed E-state index contributed by atoms with van der Waals surface area (Å²) in [5.74, 6) is 0.824. The highest BCUT2D eigenvalue weighted by Crippen LogP contribution is 2.23. The van der Waals surface area contributed by atoms with Crippen LogP contribution in [0.5, 0.6) is 0 Å². The average Bonchev–Trinajstić information content (AvgIpc) is 2.97. The van der Waals surface area contributed by atoms with Gasteiger partial charge in [-0.3, -0.25) is 4.79 Å². The first-order chi connectivity index (χ1) is 9.15. The van der Waals surface area contributed by atoms with Crippen LogP contribution in [-0.2, 0) is 6.54 Å². The minimum Gasteiger partial charge on any atom is -0.397 e. The molecule has 2 N–H and O–H groups in total. The maximum absolute atomic E-state index is 12.6. The molecular formula is C15H25N3O. The zero-order valence-electron chi connectivity index (χ0n) is 12.1. The molecule has 1 aliphatic rings. The third kappa shape index (κ3) is 3.11. The molecule has 0 aliphatic carbocycles. The number of aryl methyl sites for hydroxylation is 1. The molecule has 1 fully saturated rings. The van der Waals surface area contributed by atoms with E-state index in [9.17, 15) is 4.79 Å². The normalized spacial score (nSPS) is 19.1. The van der Waals surface area contributed by atoms with Crippen LogP contribution in [0.1, 0.15) is 50.0 Å².